The van der Waals surface area contributed by atoms with Gasteiger partial charge in [-0.15, -0.1) is 11.3 Å². The highest BCUT2D eigenvalue weighted by Gasteiger charge is 2.13. The Hall–Kier alpha value is -3.20. The lowest BCUT2D eigenvalue weighted by Crippen LogP contribution is -2.37. The van der Waals surface area contributed by atoms with Gasteiger partial charge in [0.05, 0.1) is 28.0 Å². The number of ether oxygens (including phenoxy) is 2. The molecule has 0 radical (unpaired) electrons. The molecule has 1 aromatic heterocycles. The average molecular weight is 484 g/mol. The Bertz CT molecular complexity index is 1260. The second kappa shape index (κ2) is 9.95. The fraction of sp³-hybridized carbons (Fsp3) is 0.0870. The number of methoxy groups -OCH3 is 1. The van der Waals surface area contributed by atoms with Gasteiger partial charge in [-0.05, 0) is 54.7 Å². The maximum absolute atomic E-state index is 12.2. The molecule has 0 unspecified atom stereocenters. The summed E-state index contributed by atoms with van der Waals surface area (Å²) < 4.78 is 12.0. The molecule has 32 heavy (non-hydrogen) atoms. The van der Waals surface area contributed by atoms with Crippen molar-refractivity contribution >= 4 is 62.1 Å². The number of carbonyl (C=O) groups is 1. The number of nitrogens with zero attached hydrogens (tertiary/aromatic N) is 1. The zero-order valence-corrected chi connectivity index (χ0v) is 19.3. The molecule has 0 saturated carbocycles. The van der Waals surface area contributed by atoms with Crippen molar-refractivity contribution in [3.8, 4) is 22.1 Å². The molecule has 6 nitrogen and oxygen atoms in total. The number of carbonyl (C=O) groups excluding carboxylic acids is 1. The highest BCUT2D eigenvalue weighted by Crippen LogP contribution is 2.34. The van der Waals surface area contributed by atoms with Gasteiger partial charge in [0.2, 0.25) is 0 Å². The number of aromatic nitrogens is 1. The van der Waals surface area contributed by atoms with Crippen LogP contribution in [-0.2, 0) is 4.79 Å². The Morgan fingerprint density at radius 1 is 1.09 bits per heavy atom. The first-order valence-electron chi connectivity index (χ1n) is 9.55. The molecule has 0 aliphatic heterocycles. The van der Waals surface area contributed by atoms with Crippen LogP contribution in [0.3, 0.4) is 0 Å². The van der Waals surface area contributed by atoms with Crippen LogP contribution in [0.5, 0.6) is 11.5 Å². The van der Waals surface area contributed by atoms with E-state index in [1.54, 1.807) is 42.7 Å². The van der Waals surface area contributed by atoms with Crippen LogP contribution >= 0.6 is 35.2 Å². The third kappa shape index (κ3) is 5.16. The van der Waals surface area contributed by atoms with E-state index in [1.807, 2.05) is 42.5 Å². The van der Waals surface area contributed by atoms with Crippen LogP contribution in [0.2, 0.25) is 5.02 Å². The lowest BCUT2D eigenvalue weighted by molar-refractivity contribution is -0.121. The Morgan fingerprint density at radius 3 is 2.66 bits per heavy atom. The molecule has 1 heterocycles. The third-order valence-corrected chi connectivity index (χ3v) is 6.04. The molecule has 0 spiro atoms. The van der Waals surface area contributed by atoms with Gasteiger partial charge in [-0.3, -0.25) is 10.1 Å². The number of fused-ring (bicyclic) bond motifs is 1. The summed E-state index contributed by atoms with van der Waals surface area (Å²) in [5.41, 5.74) is 2.46. The van der Waals surface area contributed by atoms with Crippen molar-refractivity contribution in [1.29, 1.82) is 0 Å². The van der Waals surface area contributed by atoms with E-state index in [9.17, 15) is 4.79 Å². The number of para-hydroxylation sites is 2. The van der Waals surface area contributed by atoms with Crippen molar-refractivity contribution in [2.75, 3.05) is 19.0 Å². The van der Waals surface area contributed by atoms with E-state index in [2.05, 4.69) is 15.6 Å². The Labute approximate surface area is 199 Å². The van der Waals surface area contributed by atoms with Gasteiger partial charge < -0.3 is 14.8 Å². The van der Waals surface area contributed by atoms with Crippen molar-refractivity contribution in [3.63, 3.8) is 0 Å². The summed E-state index contributed by atoms with van der Waals surface area (Å²) in [6.07, 6.45) is 0. The van der Waals surface area contributed by atoms with Crippen molar-refractivity contribution in [2.45, 2.75) is 0 Å². The van der Waals surface area contributed by atoms with E-state index in [-0.39, 0.29) is 11.7 Å². The number of thiocarbonyl (C=S) groups is 1. The molecule has 0 aliphatic carbocycles. The largest absolute Gasteiger partial charge is 0.495 e. The summed E-state index contributed by atoms with van der Waals surface area (Å²) in [4.78, 5) is 16.9. The minimum absolute atomic E-state index is 0.123. The first kappa shape index (κ1) is 22.0. The highest BCUT2D eigenvalue weighted by molar-refractivity contribution is 7.80. The maximum Gasteiger partial charge on any atom is 0.264 e. The SMILES string of the molecule is COc1ccc(-c2nc3ccccc3s2)cc1NC(=S)NC(=O)COc1ccccc1Cl. The fourth-order valence-corrected chi connectivity index (χ4v) is 4.33. The number of amides is 1. The van der Waals surface area contributed by atoms with E-state index in [0.717, 1.165) is 20.8 Å². The zero-order valence-electron chi connectivity index (χ0n) is 16.9. The van der Waals surface area contributed by atoms with Crippen LogP contribution in [-0.4, -0.2) is 29.7 Å². The standard InChI is InChI=1S/C23H18ClN3O3S2/c1-29-19-11-10-14(22-25-16-7-3-5-9-20(16)32-22)12-17(19)26-23(31)27-21(28)13-30-18-8-4-2-6-15(18)24/h2-12H,13H2,1H3,(H2,26,27,28,31). The molecule has 0 bridgehead atoms. The minimum atomic E-state index is -0.413. The predicted molar refractivity (Wildman–Crippen MR) is 133 cm³/mol. The zero-order chi connectivity index (χ0) is 22.5. The van der Waals surface area contributed by atoms with Gasteiger partial charge in [0, 0.05) is 5.56 Å². The molecule has 2 N–H and O–H groups in total. The first-order chi connectivity index (χ1) is 15.5. The van der Waals surface area contributed by atoms with Gasteiger partial charge >= 0.3 is 0 Å². The van der Waals surface area contributed by atoms with Crippen molar-refractivity contribution in [3.05, 3.63) is 71.8 Å². The third-order valence-electron chi connectivity index (χ3n) is 4.44. The van der Waals surface area contributed by atoms with Crippen LogP contribution in [0.1, 0.15) is 0 Å². The van der Waals surface area contributed by atoms with Crippen LogP contribution < -0.4 is 20.1 Å². The molecule has 0 fully saturated rings. The van der Waals surface area contributed by atoms with Gasteiger partial charge in [-0.2, -0.15) is 0 Å². The Kier molecular flexibility index (Phi) is 6.84. The molecule has 0 aliphatic rings. The number of halogens is 1. The van der Waals surface area contributed by atoms with Gasteiger partial charge in [0.15, 0.2) is 11.7 Å². The normalized spacial score (nSPS) is 10.6. The van der Waals surface area contributed by atoms with Crippen molar-refractivity contribution in [2.24, 2.45) is 0 Å². The molecule has 0 saturated heterocycles. The number of thiazole rings is 1. The van der Waals surface area contributed by atoms with Crippen LogP contribution in [0.15, 0.2) is 66.7 Å². The van der Waals surface area contributed by atoms with E-state index < -0.39 is 5.91 Å². The Morgan fingerprint density at radius 2 is 1.88 bits per heavy atom. The topological polar surface area (TPSA) is 72.5 Å². The van der Waals surface area contributed by atoms with Crippen molar-refractivity contribution in [1.82, 2.24) is 10.3 Å². The molecular formula is C23H18ClN3O3S2. The van der Waals surface area contributed by atoms with E-state index >= 15 is 0 Å². The van der Waals surface area contributed by atoms with Gasteiger partial charge in [0.25, 0.3) is 5.91 Å². The lowest BCUT2D eigenvalue weighted by Gasteiger charge is -2.14. The summed E-state index contributed by atoms with van der Waals surface area (Å²) in [6, 6.07) is 20.5. The summed E-state index contributed by atoms with van der Waals surface area (Å²) in [7, 11) is 1.57. The second-order valence-corrected chi connectivity index (χ2v) is 8.47. The number of hydrogen-bond donors (Lipinski definition) is 2. The molecule has 3 aromatic carbocycles. The second-order valence-electron chi connectivity index (χ2n) is 6.62. The monoisotopic (exact) mass is 483 g/mol. The smallest absolute Gasteiger partial charge is 0.264 e. The number of anilines is 1. The van der Waals surface area contributed by atoms with Gasteiger partial charge in [-0.1, -0.05) is 35.9 Å². The van der Waals surface area contributed by atoms with Crippen LogP contribution in [0, 0.1) is 0 Å². The molecule has 4 aromatic rings. The van der Waals surface area contributed by atoms with Gasteiger partial charge in [0.1, 0.15) is 16.5 Å². The number of nitrogens with one attached hydrogen (secondary N) is 2. The quantitative estimate of drug-likeness (QED) is 0.352. The number of hydrogen-bond acceptors (Lipinski definition) is 6. The van der Waals surface area contributed by atoms with E-state index in [4.69, 9.17) is 33.3 Å². The summed E-state index contributed by atoms with van der Waals surface area (Å²) >= 11 is 12.9. The molecule has 4 rings (SSSR count). The summed E-state index contributed by atoms with van der Waals surface area (Å²) in [6.45, 7) is -0.228. The van der Waals surface area contributed by atoms with E-state index in [0.29, 0.717) is 22.2 Å². The molecule has 1 amide bonds. The lowest BCUT2D eigenvalue weighted by atomic mass is 10.2. The van der Waals surface area contributed by atoms with Crippen molar-refractivity contribution < 1.29 is 14.3 Å². The molecule has 9 heteroatoms. The van der Waals surface area contributed by atoms with E-state index in [1.165, 1.54) is 0 Å². The molecule has 162 valence electrons. The van der Waals surface area contributed by atoms with Crippen LogP contribution in [0.25, 0.3) is 20.8 Å². The summed E-state index contributed by atoms with van der Waals surface area (Å²) in [5, 5.41) is 7.04. The number of rotatable bonds is 6. The van der Waals surface area contributed by atoms with Crippen LogP contribution in [0.4, 0.5) is 5.69 Å². The minimum Gasteiger partial charge on any atom is -0.495 e. The average Bonchev–Trinajstić information content (AvgIpc) is 3.23. The fourth-order valence-electron chi connectivity index (χ4n) is 2.96. The highest BCUT2D eigenvalue weighted by atomic mass is 35.5. The van der Waals surface area contributed by atoms with Gasteiger partial charge in [-0.25, -0.2) is 4.98 Å². The molecular weight excluding hydrogens is 466 g/mol. The number of benzene rings is 3. The maximum atomic E-state index is 12.2. The summed E-state index contributed by atoms with van der Waals surface area (Å²) in [5.74, 6) is 0.593. The molecule has 0 atom stereocenters. The first-order valence-corrected chi connectivity index (χ1v) is 11.2. The predicted octanol–water partition coefficient (Wildman–Crippen LogP) is 5.52. The Balaban J connectivity index is 1.44.